The fraction of sp³-hybridized carbons (Fsp3) is 0.250. The number of benzene rings is 4. The molecule has 9 rings (SSSR count). The molecule has 0 saturated carbocycles. The van der Waals surface area contributed by atoms with Crippen LogP contribution < -0.4 is 40.2 Å². The van der Waals surface area contributed by atoms with Gasteiger partial charge in [0, 0.05) is 76.6 Å². The summed E-state index contributed by atoms with van der Waals surface area (Å²) in [5.41, 5.74) is 8.95. The second kappa shape index (κ2) is 28.8. The molecule has 16 nitrogen and oxygen atoms in total. The van der Waals surface area contributed by atoms with Crippen molar-refractivity contribution in [2.75, 3.05) is 52.6 Å². The summed E-state index contributed by atoms with van der Waals surface area (Å²) >= 11 is 0. The zero-order valence-corrected chi connectivity index (χ0v) is 44.5. The maximum Gasteiger partial charge on any atom is 0.269 e. The van der Waals surface area contributed by atoms with Gasteiger partial charge in [0.15, 0.2) is 0 Å². The number of fused-ring (bicyclic) bond motifs is 8. The second-order valence-electron chi connectivity index (χ2n) is 19.0. The quantitative estimate of drug-likeness (QED) is 0.0420. The number of aromatic nitrogens is 4. The van der Waals surface area contributed by atoms with E-state index >= 15 is 0 Å². The summed E-state index contributed by atoms with van der Waals surface area (Å²) in [5, 5.41) is 11.9. The van der Waals surface area contributed by atoms with E-state index in [2.05, 4.69) is 114 Å². The van der Waals surface area contributed by atoms with Crippen molar-refractivity contribution in [3.63, 3.8) is 0 Å². The van der Waals surface area contributed by atoms with Crippen LogP contribution in [0.2, 0.25) is 0 Å². The third kappa shape index (κ3) is 15.4. The summed E-state index contributed by atoms with van der Waals surface area (Å²) in [6.07, 6.45) is 10.4. The number of amides is 4. The van der Waals surface area contributed by atoms with Crippen LogP contribution in [0.1, 0.15) is 112 Å². The lowest BCUT2D eigenvalue weighted by Crippen LogP contribution is -2.26. The molecule has 0 unspecified atom stereocenters. The van der Waals surface area contributed by atoms with Gasteiger partial charge in [-0.1, -0.05) is 97.1 Å². The van der Waals surface area contributed by atoms with Crippen LogP contribution in [0.5, 0.6) is 23.0 Å². The Morgan fingerprint density at radius 1 is 0.300 bits per heavy atom. The third-order valence-corrected chi connectivity index (χ3v) is 13.2. The summed E-state index contributed by atoms with van der Waals surface area (Å²) < 4.78 is 27.3. The van der Waals surface area contributed by atoms with Crippen LogP contribution in [0.25, 0.3) is 0 Å². The molecule has 4 amide bonds. The van der Waals surface area contributed by atoms with Gasteiger partial charge in [-0.15, -0.1) is 0 Å². The van der Waals surface area contributed by atoms with E-state index in [-0.39, 0.29) is 23.6 Å². The van der Waals surface area contributed by atoms with Crippen LogP contribution in [0.3, 0.4) is 0 Å². The van der Waals surface area contributed by atoms with Crippen molar-refractivity contribution in [2.24, 2.45) is 0 Å². The van der Waals surface area contributed by atoms with Gasteiger partial charge in [0.05, 0.1) is 26.4 Å². The number of para-hydroxylation sites is 4. The van der Waals surface area contributed by atoms with Gasteiger partial charge in [-0.2, -0.15) is 0 Å². The molecule has 0 atom stereocenters. The van der Waals surface area contributed by atoms with Crippen LogP contribution in [0.15, 0.2) is 170 Å². The molecule has 8 aromatic rings. The molecule has 0 fully saturated rings. The number of nitrogens with zero attached hydrogens (tertiary/aromatic N) is 4. The number of pyridine rings is 4. The highest BCUT2D eigenvalue weighted by molar-refractivity contribution is 5.93. The molecule has 4 aromatic carbocycles. The summed E-state index contributed by atoms with van der Waals surface area (Å²) in [4.78, 5) is 68.3. The lowest BCUT2D eigenvalue weighted by atomic mass is 9.91. The first-order chi connectivity index (χ1) is 39.4. The van der Waals surface area contributed by atoms with E-state index in [9.17, 15) is 19.2 Å². The van der Waals surface area contributed by atoms with E-state index in [0.717, 1.165) is 67.5 Å². The number of ether oxygens (including phenoxy) is 4. The fourth-order valence-corrected chi connectivity index (χ4v) is 9.37. The number of carbonyl (C=O) groups excluding carboxylic acids is 4. The van der Waals surface area contributed by atoms with Crippen LogP contribution in [0.4, 0.5) is 0 Å². The van der Waals surface area contributed by atoms with Gasteiger partial charge >= 0.3 is 0 Å². The van der Waals surface area contributed by atoms with E-state index in [0.29, 0.717) is 127 Å². The molecule has 0 radical (unpaired) electrons. The van der Waals surface area contributed by atoms with Crippen LogP contribution in [-0.2, 0) is 25.7 Å². The Morgan fingerprint density at radius 2 is 0.512 bits per heavy atom. The van der Waals surface area contributed by atoms with Gasteiger partial charge in [-0.05, 0) is 119 Å². The van der Waals surface area contributed by atoms with Gasteiger partial charge in [0.25, 0.3) is 23.6 Å². The first-order valence-corrected chi connectivity index (χ1v) is 27.1. The van der Waals surface area contributed by atoms with Crippen molar-refractivity contribution in [3.8, 4) is 23.0 Å². The highest BCUT2D eigenvalue weighted by atomic mass is 16.5. The largest absolute Gasteiger partial charge is 0.493 e. The van der Waals surface area contributed by atoms with E-state index < -0.39 is 0 Å². The standard InChI is InChI=1S/C64H64N8O8/c73-61(53-25-1-5-29-65-53)69-33-13-37-77-57-45-17-9-18-46(57)42-48-20-11-22-50(59(48)79-39-15-35-71-63(75)55-27-3-7-31-67-55)44-52-24-12-23-51(60(52)80-40-16-36-72-64(76)56-28-4-8-32-68-56)43-49-21-10-19-47(41-45)58(49)78-38-14-34-70-62(74)54-26-2-6-30-66-54/h1-12,17-32H,13-16,33-44H2,(H,69,73)(H,70,74)(H,71,75)(H,72,76). The Bertz CT molecular complexity index is 2810. The lowest BCUT2D eigenvalue weighted by molar-refractivity contribution is 0.0938. The van der Waals surface area contributed by atoms with Crippen LogP contribution in [0, 0.1) is 0 Å². The smallest absolute Gasteiger partial charge is 0.269 e. The van der Waals surface area contributed by atoms with E-state index in [4.69, 9.17) is 18.9 Å². The molecular weight excluding hydrogens is 1010 g/mol. The highest BCUT2D eigenvalue weighted by Gasteiger charge is 2.23. The minimum absolute atomic E-state index is 0.252. The number of rotatable bonds is 24. The Labute approximate surface area is 465 Å². The number of hydrogen-bond donors (Lipinski definition) is 4. The SMILES string of the molecule is O=C(NCCCOc1c2cccc1Cc1cccc(c1OCCCNC(=O)c1ccccn1)Cc1cccc(c1OCCCNC(=O)c1ccccn1)Cc1cccc(c1OCCCNC(=O)c1ccccn1)C2)c1ccccn1. The molecule has 4 N–H and O–H groups in total. The van der Waals surface area contributed by atoms with Gasteiger partial charge in [-0.25, -0.2) is 0 Å². The molecule has 0 spiro atoms. The average molecular weight is 1070 g/mol. The molecule has 8 bridgehead atoms. The van der Waals surface area contributed by atoms with Crippen LogP contribution in [-0.4, -0.2) is 96.2 Å². The Morgan fingerprint density at radius 3 is 0.700 bits per heavy atom. The monoisotopic (exact) mass is 1070 g/mol. The Hall–Kier alpha value is -9.44. The maximum atomic E-state index is 12.9. The number of hydrogen-bond acceptors (Lipinski definition) is 12. The molecule has 4 heterocycles. The summed E-state index contributed by atoms with van der Waals surface area (Å²) in [5.74, 6) is 1.92. The van der Waals surface area contributed by atoms with Crippen molar-refractivity contribution in [1.29, 1.82) is 0 Å². The molecule has 0 saturated heterocycles. The zero-order chi connectivity index (χ0) is 55.1. The number of nitrogens with one attached hydrogen (secondary N) is 4. The summed E-state index contributed by atoms with van der Waals surface area (Å²) in [6, 6.07) is 45.8. The molecule has 0 aliphatic heterocycles. The topological polar surface area (TPSA) is 205 Å². The Kier molecular flexibility index (Phi) is 19.9. The zero-order valence-electron chi connectivity index (χ0n) is 44.5. The summed E-state index contributed by atoms with van der Waals surface area (Å²) in [6.45, 7) is 2.81. The highest BCUT2D eigenvalue weighted by Crippen LogP contribution is 2.39. The van der Waals surface area contributed by atoms with Crippen molar-refractivity contribution in [2.45, 2.75) is 51.4 Å². The van der Waals surface area contributed by atoms with Gasteiger partial charge in [0.2, 0.25) is 0 Å². The van der Waals surface area contributed by atoms with E-state index in [1.807, 2.05) is 0 Å². The van der Waals surface area contributed by atoms with Crippen molar-refractivity contribution in [3.05, 3.63) is 238 Å². The fourth-order valence-electron chi connectivity index (χ4n) is 9.37. The van der Waals surface area contributed by atoms with E-state index in [1.165, 1.54) is 0 Å². The predicted molar refractivity (Wildman–Crippen MR) is 304 cm³/mol. The van der Waals surface area contributed by atoms with Crippen molar-refractivity contribution in [1.82, 2.24) is 41.2 Å². The lowest BCUT2D eigenvalue weighted by Gasteiger charge is -2.23. The van der Waals surface area contributed by atoms with Gasteiger partial charge < -0.3 is 40.2 Å². The maximum absolute atomic E-state index is 12.9. The Balaban J connectivity index is 1.03. The molecule has 16 heteroatoms. The molecule has 1 aliphatic rings. The third-order valence-electron chi connectivity index (χ3n) is 13.2. The summed E-state index contributed by atoms with van der Waals surface area (Å²) in [7, 11) is 0. The van der Waals surface area contributed by atoms with Gasteiger partial charge in [-0.3, -0.25) is 39.1 Å². The normalized spacial score (nSPS) is 11.6. The minimum Gasteiger partial charge on any atom is -0.493 e. The van der Waals surface area contributed by atoms with E-state index in [1.54, 1.807) is 97.6 Å². The molecular formula is C64H64N8O8. The minimum atomic E-state index is -0.252. The first kappa shape index (κ1) is 55.3. The molecule has 4 aromatic heterocycles. The molecule has 80 heavy (non-hydrogen) atoms. The predicted octanol–water partition coefficient (Wildman–Crippen LogP) is 8.74. The molecule has 1 aliphatic carbocycles. The van der Waals surface area contributed by atoms with Gasteiger partial charge in [0.1, 0.15) is 45.8 Å². The average Bonchev–Trinajstić information content (AvgIpc) is 3.49. The van der Waals surface area contributed by atoms with Crippen molar-refractivity contribution >= 4 is 23.6 Å². The first-order valence-electron chi connectivity index (χ1n) is 27.1. The second-order valence-corrected chi connectivity index (χ2v) is 19.0. The number of carbonyl (C=O) groups is 4. The van der Waals surface area contributed by atoms with Crippen molar-refractivity contribution < 1.29 is 38.1 Å². The molecule has 408 valence electrons. The van der Waals surface area contributed by atoms with Crippen LogP contribution >= 0.6 is 0 Å².